The molecule has 0 amide bonds. The summed E-state index contributed by atoms with van der Waals surface area (Å²) in [5.74, 6) is -4.50. The fraction of sp³-hybridized carbons (Fsp3) is 0.379. The number of rotatable bonds is 9. The highest BCUT2D eigenvalue weighted by molar-refractivity contribution is 5.71. The molecule has 192 valence electrons. The Hall–Kier alpha value is -2.90. The van der Waals surface area contributed by atoms with Crippen LogP contribution in [-0.4, -0.2) is 26.1 Å². The summed E-state index contributed by atoms with van der Waals surface area (Å²) in [5, 5.41) is 0. The Bertz CT molecular complexity index is 1170. The van der Waals surface area contributed by atoms with Crippen molar-refractivity contribution in [2.45, 2.75) is 51.7 Å². The molecule has 1 aliphatic heterocycles. The first-order valence-corrected chi connectivity index (χ1v) is 12.4. The number of benzene rings is 3. The second-order valence-corrected chi connectivity index (χ2v) is 8.93. The number of unbranched alkanes of at least 4 members (excludes halogenated alkanes) is 1. The molecule has 0 aliphatic carbocycles. The number of hydrogen-bond donors (Lipinski definition) is 0. The van der Waals surface area contributed by atoms with Crippen LogP contribution in [0, 0.1) is 23.3 Å². The van der Waals surface area contributed by atoms with Gasteiger partial charge in [0, 0.05) is 17.0 Å². The minimum absolute atomic E-state index is 0.0579. The van der Waals surface area contributed by atoms with E-state index < -0.39 is 29.2 Å². The Morgan fingerprint density at radius 3 is 1.89 bits per heavy atom. The predicted molar refractivity (Wildman–Crippen MR) is 131 cm³/mol. The van der Waals surface area contributed by atoms with Gasteiger partial charge in [-0.05, 0) is 41.7 Å². The van der Waals surface area contributed by atoms with Crippen molar-refractivity contribution >= 4 is 0 Å². The number of ether oxygens (including phenoxy) is 3. The molecule has 3 nitrogen and oxygen atoms in total. The van der Waals surface area contributed by atoms with Crippen LogP contribution in [0.3, 0.4) is 0 Å². The minimum Gasteiger partial charge on any atom is -0.490 e. The molecule has 0 spiro atoms. The molecule has 0 aromatic heterocycles. The van der Waals surface area contributed by atoms with E-state index in [0.29, 0.717) is 17.7 Å². The van der Waals surface area contributed by atoms with Gasteiger partial charge in [0.15, 0.2) is 29.5 Å². The van der Waals surface area contributed by atoms with Gasteiger partial charge in [0.2, 0.25) is 5.82 Å². The molecule has 3 aromatic carbocycles. The largest absolute Gasteiger partial charge is 0.490 e. The third-order valence-corrected chi connectivity index (χ3v) is 6.35. The molecule has 36 heavy (non-hydrogen) atoms. The summed E-state index contributed by atoms with van der Waals surface area (Å²) >= 11 is 0. The number of hydrogen-bond acceptors (Lipinski definition) is 3. The van der Waals surface area contributed by atoms with Crippen LogP contribution < -0.4 is 4.74 Å². The lowest BCUT2D eigenvalue weighted by Crippen LogP contribution is -2.31. The average Bonchev–Trinajstić information content (AvgIpc) is 2.89. The van der Waals surface area contributed by atoms with Gasteiger partial charge >= 0.3 is 0 Å². The van der Waals surface area contributed by atoms with Gasteiger partial charge in [-0.15, -0.1) is 0 Å². The molecule has 0 N–H and O–H groups in total. The fourth-order valence-corrected chi connectivity index (χ4v) is 4.25. The van der Waals surface area contributed by atoms with Crippen LogP contribution in [0.2, 0.25) is 0 Å². The molecule has 4 rings (SSSR count). The normalized spacial score (nSPS) is 17.8. The minimum atomic E-state index is -1.05. The highest BCUT2D eigenvalue weighted by atomic mass is 19.2. The molecule has 1 aliphatic rings. The summed E-state index contributed by atoms with van der Waals surface area (Å²) in [5.41, 5.74) is 1.17. The van der Waals surface area contributed by atoms with Crippen LogP contribution in [0.15, 0.2) is 48.5 Å². The monoisotopic (exact) mass is 502 g/mol. The Morgan fingerprint density at radius 1 is 0.722 bits per heavy atom. The van der Waals surface area contributed by atoms with Crippen molar-refractivity contribution in [3.05, 3.63) is 77.4 Å². The SMILES string of the molecule is CCCCOc1ccc(-c2ccc(-c3ccc(C4COC(CCC)OC4)c(F)c3F)cc2)c(F)c1F. The first-order valence-electron chi connectivity index (χ1n) is 12.4. The van der Waals surface area contributed by atoms with Crippen molar-refractivity contribution in [2.24, 2.45) is 0 Å². The van der Waals surface area contributed by atoms with Crippen LogP contribution in [-0.2, 0) is 9.47 Å². The highest BCUT2D eigenvalue weighted by Crippen LogP contribution is 2.34. The van der Waals surface area contributed by atoms with Gasteiger partial charge < -0.3 is 14.2 Å². The molecule has 0 radical (unpaired) electrons. The van der Waals surface area contributed by atoms with E-state index in [9.17, 15) is 13.2 Å². The highest BCUT2D eigenvalue weighted by Gasteiger charge is 2.27. The second-order valence-electron chi connectivity index (χ2n) is 8.93. The van der Waals surface area contributed by atoms with Crippen LogP contribution >= 0.6 is 0 Å². The lowest BCUT2D eigenvalue weighted by molar-refractivity contribution is -0.190. The van der Waals surface area contributed by atoms with Crippen molar-refractivity contribution in [2.75, 3.05) is 19.8 Å². The molecule has 3 aromatic rings. The standard InChI is InChI=1S/C29H30F4O3/c1-3-5-15-34-24-14-13-22(28(32)29(24)33)19-9-7-18(8-10-19)21-11-12-23(27(31)26(21)30)20-16-35-25(6-4-2)36-17-20/h7-14,20,25H,3-6,15-17H2,1-2H3. The molecule has 0 unspecified atom stereocenters. The third-order valence-electron chi connectivity index (χ3n) is 6.35. The molecule has 0 bridgehead atoms. The molecule has 7 heteroatoms. The first-order chi connectivity index (χ1) is 17.4. The number of halogens is 4. The maximum Gasteiger partial charge on any atom is 0.201 e. The van der Waals surface area contributed by atoms with Crippen molar-refractivity contribution in [1.82, 2.24) is 0 Å². The summed E-state index contributed by atoms with van der Waals surface area (Å²) in [6.45, 7) is 4.83. The van der Waals surface area contributed by atoms with Gasteiger partial charge in [0.25, 0.3) is 0 Å². The van der Waals surface area contributed by atoms with E-state index in [1.54, 1.807) is 30.3 Å². The molecule has 1 fully saturated rings. The summed E-state index contributed by atoms with van der Waals surface area (Å²) in [7, 11) is 0. The third kappa shape index (κ3) is 5.57. The lowest BCUT2D eigenvalue weighted by Gasteiger charge is -2.29. The van der Waals surface area contributed by atoms with Gasteiger partial charge in [-0.2, -0.15) is 4.39 Å². The van der Waals surface area contributed by atoms with E-state index in [1.807, 2.05) is 13.8 Å². The Balaban J connectivity index is 1.52. The average molecular weight is 503 g/mol. The van der Waals surface area contributed by atoms with E-state index in [1.165, 1.54) is 18.2 Å². The van der Waals surface area contributed by atoms with Gasteiger partial charge in [0.05, 0.1) is 19.8 Å². The summed E-state index contributed by atoms with van der Waals surface area (Å²) in [4.78, 5) is 0. The maximum atomic E-state index is 15.0. The van der Waals surface area contributed by atoms with E-state index in [-0.39, 0.29) is 41.9 Å². The fourth-order valence-electron chi connectivity index (χ4n) is 4.25. The lowest BCUT2D eigenvalue weighted by atomic mass is 9.94. The van der Waals surface area contributed by atoms with Crippen molar-refractivity contribution in [3.63, 3.8) is 0 Å². The van der Waals surface area contributed by atoms with Gasteiger partial charge in [-0.1, -0.05) is 63.1 Å². The van der Waals surface area contributed by atoms with Crippen LogP contribution in [0.1, 0.15) is 51.0 Å². The Morgan fingerprint density at radius 2 is 1.31 bits per heavy atom. The van der Waals surface area contributed by atoms with Gasteiger partial charge in [0.1, 0.15) is 0 Å². The molecule has 1 saturated heterocycles. The van der Waals surface area contributed by atoms with Gasteiger partial charge in [-0.25, -0.2) is 13.2 Å². The summed E-state index contributed by atoms with van der Waals surface area (Å²) < 4.78 is 75.7. The summed E-state index contributed by atoms with van der Waals surface area (Å²) in [6.07, 6.45) is 2.98. The van der Waals surface area contributed by atoms with Crippen LogP contribution in [0.5, 0.6) is 5.75 Å². The molecule has 1 heterocycles. The van der Waals surface area contributed by atoms with Crippen LogP contribution in [0.4, 0.5) is 17.6 Å². The van der Waals surface area contributed by atoms with Crippen molar-refractivity contribution in [3.8, 4) is 28.0 Å². The zero-order valence-electron chi connectivity index (χ0n) is 20.5. The Labute approximate surface area is 209 Å². The molecule has 0 atom stereocenters. The molecular formula is C29H30F4O3. The van der Waals surface area contributed by atoms with E-state index in [2.05, 4.69) is 0 Å². The van der Waals surface area contributed by atoms with E-state index in [0.717, 1.165) is 25.7 Å². The smallest absolute Gasteiger partial charge is 0.201 e. The molecule has 0 saturated carbocycles. The van der Waals surface area contributed by atoms with Crippen molar-refractivity contribution < 1.29 is 31.8 Å². The zero-order chi connectivity index (χ0) is 25.7. The van der Waals surface area contributed by atoms with Crippen molar-refractivity contribution in [1.29, 1.82) is 0 Å². The maximum absolute atomic E-state index is 15.0. The zero-order valence-corrected chi connectivity index (χ0v) is 20.5. The Kier molecular flexibility index (Phi) is 8.64. The quantitative estimate of drug-likeness (QED) is 0.219. The van der Waals surface area contributed by atoms with Gasteiger partial charge in [-0.3, -0.25) is 0 Å². The first kappa shape index (κ1) is 26.2. The second kappa shape index (κ2) is 11.9. The predicted octanol–water partition coefficient (Wildman–Crippen LogP) is 8.01. The van der Waals surface area contributed by atoms with Crippen LogP contribution in [0.25, 0.3) is 22.3 Å². The summed E-state index contributed by atoms with van der Waals surface area (Å²) in [6, 6.07) is 12.1. The van der Waals surface area contributed by atoms with E-state index >= 15 is 4.39 Å². The molecular weight excluding hydrogens is 472 g/mol. The van der Waals surface area contributed by atoms with E-state index in [4.69, 9.17) is 14.2 Å². The topological polar surface area (TPSA) is 27.7 Å².